The minimum Gasteiger partial charge on any atom is -0.342 e. The highest BCUT2D eigenvalue weighted by molar-refractivity contribution is 7.99. The number of likely N-dealkylation sites (N-methyl/N-ethyl adjacent to an activating group) is 1. The maximum Gasteiger partial charge on any atom is 0.268 e. The molecule has 1 saturated heterocycles. The van der Waals surface area contributed by atoms with Gasteiger partial charge in [0.2, 0.25) is 11.7 Å². The SMILES string of the molecule is CN1CCc2c(sc3c2c(=O)n(-c2ccc(Cl)cc2)c2nnc(SCC(=O)N4CCCC4)n32)C1. The molecule has 2 aliphatic heterocycles. The molecule has 0 saturated carbocycles. The van der Waals surface area contributed by atoms with Crippen LogP contribution >= 0.6 is 34.7 Å². The molecule has 176 valence electrons. The van der Waals surface area contributed by atoms with Crippen LogP contribution in [0.15, 0.2) is 34.2 Å². The lowest BCUT2D eigenvalue weighted by atomic mass is 10.1. The van der Waals surface area contributed by atoms with Gasteiger partial charge in [0.15, 0.2) is 5.16 Å². The van der Waals surface area contributed by atoms with Crippen molar-refractivity contribution >= 4 is 56.6 Å². The van der Waals surface area contributed by atoms with Gasteiger partial charge in [0.25, 0.3) is 5.56 Å². The third-order valence-electron chi connectivity index (χ3n) is 6.53. The number of hydrogen-bond donors (Lipinski definition) is 0. The number of carbonyl (C=O) groups is 1. The number of fused-ring (bicyclic) bond motifs is 5. The number of amides is 1. The smallest absolute Gasteiger partial charge is 0.268 e. The molecule has 0 N–H and O–H groups in total. The molecule has 0 atom stereocenters. The first-order valence-electron chi connectivity index (χ1n) is 11.3. The van der Waals surface area contributed by atoms with Crippen molar-refractivity contribution in [3.8, 4) is 5.69 Å². The molecule has 0 bridgehead atoms. The molecule has 11 heteroatoms. The number of likely N-dealkylation sites (tertiary alicyclic amines) is 1. The summed E-state index contributed by atoms with van der Waals surface area (Å²) in [7, 11) is 2.10. The summed E-state index contributed by atoms with van der Waals surface area (Å²) in [4.78, 5) is 32.8. The quantitative estimate of drug-likeness (QED) is 0.388. The average molecular weight is 515 g/mol. The topological polar surface area (TPSA) is 75.7 Å². The summed E-state index contributed by atoms with van der Waals surface area (Å²) in [5, 5.41) is 10.8. The molecular formula is C23H23ClN6O2S2. The van der Waals surface area contributed by atoms with E-state index in [4.69, 9.17) is 11.6 Å². The highest BCUT2D eigenvalue weighted by Crippen LogP contribution is 2.35. The lowest BCUT2D eigenvalue weighted by molar-refractivity contribution is -0.127. The predicted octanol–water partition coefficient (Wildman–Crippen LogP) is 3.45. The zero-order valence-corrected chi connectivity index (χ0v) is 21.0. The summed E-state index contributed by atoms with van der Waals surface area (Å²) in [5.41, 5.74) is 1.71. The Bertz CT molecular complexity index is 1470. The molecule has 5 heterocycles. The normalized spacial score (nSPS) is 16.6. The van der Waals surface area contributed by atoms with Crippen molar-refractivity contribution in [2.45, 2.75) is 31.0 Å². The Labute approximate surface area is 209 Å². The molecule has 0 aliphatic carbocycles. The van der Waals surface area contributed by atoms with Crippen LogP contribution in [0, 0.1) is 0 Å². The highest BCUT2D eigenvalue weighted by atomic mass is 35.5. The number of hydrogen-bond acceptors (Lipinski definition) is 7. The van der Waals surface area contributed by atoms with Crippen molar-refractivity contribution in [1.29, 1.82) is 0 Å². The van der Waals surface area contributed by atoms with Crippen LogP contribution in [0.3, 0.4) is 0 Å². The number of thioether (sulfide) groups is 1. The minimum absolute atomic E-state index is 0.0935. The van der Waals surface area contributed by atoms with Gasteiger partial charge in [-0.25, -0.2) is 8.97 Å². The van der Waals surface area contributed by atoms with Gasteiger partial charge in [-0.1, -0.05) is 23.4 Å². The molecule has 1 fully saturated rings. The number of aromatic nitrogens is 4. The zero-order valence-electron chi connectivity index (χ0n) is 18.7. The van der Waals surface area contributed by atoms with Crippen molar-refractivity contribution in [2.75, 3.05) is 32.4 Å². The molecule has 1 aromatic carbocycles. The Morgan fingerprint density at radius 3 is 2.68 bits per heavy atom. The fourth-order valence-electron chi connectivity index (χ4n) is 4.78. The summed E-state index contributed by atoms with van der Waals surface area (Å²) in [6.45, 7) is 3.37. The first-order valence-corrected chi connectivity index (χ1v) is 13.5. The van der Waals surface area contributed by atoms with Crippen molar-refractivity contribution < 1.29 is 4.79 Å². The van der Waals surface area contributed by atoms with E-state index in [0.29, 0.717) is 27.4 Å². The second-order valence-corrected chi connectivity index (χ2v) is 11.2. The summed E-state index contributed by atoms with van der Waals surface area (Å²) in [6.07, 6.45) is 2.95. The number of thiophene rings is 1. The predicted molar refractivity (Wildman–Crippen MR) is 136 cm³/mol. The van der Waals surface area contributed by atoms with Gasteiger partial charge in [0.05, 0.1) is 16.8 Å². The van der Waals surface area contributed by atoms with Gasteiger partial charge >= 0.3 is 0 Å². The van der Waals surface area contributed by atoms with Crippen LogP contribution in [0.2, 0.25) is 5.02 Å². The maximum absolute atomic E-state index is 13.9. The van der Waals surface area contributed by atoms with E-state index < -0.39 is 0 Å². The van der Waals surface area contributed by atoms with Crippen molar-refractivity contribution in [2.24, 2.45) is 0 Å². The second kappa shape index (κ2) is 8.67. The minimum atomic E-state index is -0.0935. The molecular weight excluding hydrogens is 492 g/mol. The summed E-state index contributed by atoms with van der Waals surface area (Å²) < 4.78 is 3.57. The number of carbonyl (C=O) groups excluding carboxylic acids is 1. The highest BCUT2D eigenvalue weighted by Gasteiger charge is 2.27. The zero-order chi connectivity index (χ0) is 23.4. The second-order valence-electron chi connectivity index (χ2n) is 8.78. The van der Waals surface area contributed by atoms with E-state index in [0.717, 1.165) is 61.2 Å². The lowest BCUT2D eigenvalue weighted by Crippen LogP contribution is -2.29. The van der Waals surface area contributed by atoms with Crippen LogP contribution in [0.25, 0.3) is 21.7 Å². The van der Waals surface area contributed by atoms with E-state index in [1.54, 1.807) is 28.0 Å². The van der Waals surface area contributed by atoms with Gasteiger partial charge in [0.1, 0.15) is 4.83 Å². The fraction of sp³-hybridized carbons (Fsp3) is 0.391. The molecule has 4 aromatic rings. The van der Waals surface area contributed by atoms with Gasteiger partial charge in [0, 0.05) is 36.1 Å². The molecule has 34 heavy (non-hydrogen) atoms. The van der Waals surface area contributed by atoms with Crippen LogP contribution in [0.4, 0.5) is 0 Å². The first kappa shape index (κ1) is 22.1. The Kier molecular flexibility index (Phi) is 5.63. The van der Waals surface area contributed by atoms with Crippen LogP contribution in [0.5, 0.6) is 0 Å². The van der Waals surface area contributed by atoms with Gasteiger partial charge in [-0.2, -0.15) is 0 Å². The monoisotopic (exact) mass is 514 g/mol. The number of rotatable bonds is 4. The van der Waals surface area contributed by atoms with E-state index in [9.17, 15) is 9.59 Å². The molecule has 0 unspecified atom stereocenters. The average Bonchev–Trinajstić information content (AvgIpc) is 3.57. The van der Waals surface area contributed by atoms with E-state index in [-0.39, 0.29) is 11.5 Å². The Balaban J connectivity index is 1.54. The fourth-order valence-corrected chi connectivity index (χ4v) is 7.22. The van der Waals surface area contributed by atoms with E-state index >= 15 is 0 Å². The molecule has 6 rings (SSSR count). The van der Waals surface area contributed by atoms with E-state index in [2.05, 4.69) is 22.1 Å². The maximum atomic E-state index is 13.9. The van der Waals surface area contributed by atoms with Crippen LogP contribution in [0.1, 0.15) is 23.3 Å². The molecule has 3 aromatic heterocycles. The van der Waals surface area contributed by atoms with Gasteiger partial charge in [-0.05, 0) is 56.1 Å². The van der Waals surface area contributed by atoms with Gasteiger partial charge in [-0.15, -0.1) is 21.5 Å². The molecule has 2 aliphatic rings. The van der Waals surface area contributed by atoms with Crippen molar-refractivity contribution in [3.05, 3.63) is 50.1 Å². The third-order valence-corrected chi connectivity index (χ3v) is 8.90. The van der Waals surface area contributed by atoms with Crippen LogP contribution in [-0.4, -0.2) is 67.3 Å². The van der Waals surface area contributed by atoms with E-state index in [1.165, 1.54) is 16.6 Å². The summed E-state index contributed by atoms with van der Waals surface area (Å²) >= 11 is 9.12. The number of nitrogens with zero attached hydrogens (tertiary/aromatic N) is 6. The Hall–Kier alpha value is -2.40. The number of benzene rings is 1. The molecule has 0 spiro atoms. The van der Waals surface area contributed by atoms with E-state index in [1.807, 2.05) is 21.4 Å². The summed E-state index contributed by atoms with van der Waals surface area (Å²) in [6, 6.07) is 7.17. The van der Waals surface area contributed by atoms with Gasteiger partial charge in [-0.3, -0.25) is 9.59 Å². The number of halogens is 1. The molecule has 8 nitrogen and oxygen atoms in total. The van der Waals surface area contributed by atoms with Crippen molar-refractivity contribution in [1.82, 2.24) is 29.0 Å². The lowest BCUT2D eigenvalue weighted by Gasteiger charge is -2.21. The Morgan fingerprint density at radius 2 is 1.91 bits per heavy atom. The van der Waals surface area contributed by atoms with Crippen molar-refractivity contribution in [3.63, 3.8) is 0 Å². The van der Waals surface area contributed by atoms with Crippen LogP contribution < -0.4 is 5.56 Å². The standard InChI is InChI=1S/C23H23ClN6O2S2/c1-27-11-8-16-17(12-27)34-21-19(16)20(32)29(15-6-4-14(24)5-7-15)22-25-26-23(30(21)22)33-13-18(31)28-9-2-3-10-28/h4-7H,2-3,8-13H2,1H3. The van der Waals surface area contributed by atoms with Gasteiger partial charge < -0.3 is 9.80 Å². The first-order chi connectivity index (χ1) is 16.5. The third kappa shape index (κ3) is 3.64. The Morgan fingerprint density at radius 1 is 1.15 bits per heavy atom. The molecule has 1 amide bonds. The van der Waals surface area contributed by atoms with Crippen LogP contribution in [-0.2, 0) is 17.8 Å². The summed E-state index contributed by atoms with van der Waals surface area (Å²) in [5.74, 6) is 0.868. The largest absolute Gasteiger partial charge is 0.342 e. The molecule has 0 radical (unpaired) electrons.